The molecule has 0 saturated heterocycles. The second-order valence-electron chi connectivity index (χ2n) is 3.20. The lowest BCUT2D eigenvalue weighted by Gasteiger charge is -2.07. The molecule has 1 N–H and O–H groups in total. The van der Waals surface area contributed by atoms with Crippen molar-refractivity contribution >= 4 is 15.9 Å². The number of nitrogens with zero attached hydrogens (tertiary/aromatic N) is 1. The summed E-state index contributed by atoms with van der Waals surface area (Å²) in [5.41, 5.74) is 0.648. The number of hydrogen-bond donors (Lipinski definition) is 1. The van der Waals surface area contributed by atoms with Gasteiger partial charge in [-0.05, 0) is 40.2 Å². The number of furan rings is 1. The van der Waals surface area contributed by atoms with Crippen LogP contribution < -0.4 is 0 Å². The maximum absolute atomic E-state index is 9.85. The summed E-state index contributed by atoms with van der Waals surface area (Å²) in [5, 5.41) is 9.85. The van der Waals surface area contributed by atoms with E-state index in [0.29, 0.717) is 12.1 Å². The van der Waals surface area contributed by atoms with E-state index in [1.165, 1.54) is 0 Å². The minimum Gasteiger partial charge on any atom is -0.469 e. The van der Waals surface area contributed by atoms with Crippen molar-refractivity contribution in [1.29, 1.82) is 0 Å². The Morgan fingerprint density at radius 3 is 2.87 bits per heavy atom. The van der Waals surface area contributed by atoms with Crippen molar-refractivity contribution in [3.63, 3.8) is 0 Å². The Morgan fingerprint density at radius 2 is 2.27 bits per heavy atom. The molecule has 3 nitrogen and oxygen atoms in total. The summed E-state index contributed by atoms with van der Waals surface area (Å²) >= 11 is 3.29. The molecule has 78 valence electrons. The Bertz CT molecular complexity index is 411. The van der Waals surface area contributed by atoms with Crippen molar-refractivity contribution < 1.29 is 9.52 Å². The number of aromatic nitrogens is 1. The van der Waals surface area contributed by atoms with Crippen LogP contribution in [0.15, 0.2) is 45.6 Å². The third kappa shape index (κ3) is 2.67. The second-order valence-corrected chi connectivity index (χ2v) is 4.12. The molecule has 0 saturated carbocycles. The summed E-state index contributed by atoms with van der Waals surface area (Å²) in [6.07, 6.45) is 3.09. The molecular formula is C11H10BrNO2. The third-order valence-electron chi connectivity index (χ3n) is 2.07. The summed E-state index contributed by atoms with van der Waals surface area (Å²) < 4.78 is 6.05. The van der Waals surface area contributed by atoms with Gasteiger partial charge < -0.3 is 9.52 Å². The van der Waals surface area contributed by atoms with Crippen LogP contribution in [0.1, 0.15) is 17.6 Å². The van der Waals surface area contributed by atoms with Crippen LogP contribution in [0, 0.1) is 0 Å². The zero-order chi connectivity index (χ0) is 10.7. The van der Waals surface area contributed by atoms with E-state index in [1.54, 1.807) is 24.6 Å². The van der Waals surface area contributed by atoms with Crippen LogP contribution in [0.4, 0.5) is 0 Å². The zero-order valence-electron chi connectivity index (χ0n) is 7.93. The molecule has 0 aliphatic carbocycles. The van der Waals surface area contributed by atoms with Crippen molar-refractivity contribution in [2.75, 3.05) is 0 Å². The molecule has 0 aromatic carbocycles. The van der Waals surface area contributed by atoms with Gasteiger partial charge in [0.1, 0.15) is 11.9 Å². The van der Waals surface area contributed by atoms with Gasteiger partial charge in [-0.2, -0.15) is 0 Å². The van der Waals surface area contributed by atoms with Crippen molar-refractivity contribution in [3.8, 4) is 0 Å². The predicted octanol–water partition coefficient (Wildman–Crippen LogP) is 2.71. The highest BCUT2D eigenvalue weighted by Gasteiger charge is 2.11. The lowest BCUT2D eigenvalue weighted by Crippen LogP contribution is -2.03. The molecule has 2 rings (SSSR count). The van der Waals surface area contributed by atoms with Gasteiger partial charge in [-0.15, -0.1) is 0 Å². The average molecular weight is 268 g/mol. The van der Waals surface area contributed by atoms with E-state index >= 15 is 0 Å². The summed E-state index contributed by atoms with van der Waals surface area (Å²) in [7, 11) is 0. The first-order valence-electron chi connectivity index (χ1n) is 4.57. The predicted molar refractivity (Wildman–Crippen MR) is 59.3 cm³/mol. The van der Waals surface area contributed by atoms with Gasteiger partial charge in [-0.3, -0.25) is 4.98 Å². The third-order valence-corrected chi connectivity index (χ3v) is 2.54. The second kappa shape index (κ2) is 4.59. The summed E-state index contributed by atoms with van der Waals surface area (Å²) in [6.45, 7) is 0. The molecule has 0 spiro atoms. The van der Waals surface area contributed by atoms with Crippen LogP contribution in [0.3, 0.4) is 0 Å². The van der Waals surface area contributed by atoms with Gasteiger partial charge in [0, 0.05) is 17.1 Å². The number of halogens is 1. The van der Waals surface area contributed by atoms with Gasteiger partial charge in [-0.1, -0.05) is 0 Å². The van der Waals surface area contributed by atoms with E-state index in [4.69, 9.17) is 4.42 Å². The van der Waals surface area contributed by atoms with E-state index < -0.39 is 6.10 Å². The highest BCUT2D eigenvalue weighted by Crippen LogP contribution is 2.18. The maximum Gasteiger partial charge on any atom is 0.106 e. The monoisotopic (exact) mass is 267 g/mol. The summed E-state index contributed by atoms with van der Waals surface area (Å²) in [6, 6.07) is 7.28. The van der Waals surface area contributed by atoms with Gasteiger partial charge >= 0.3 is 0 Å². The van der Waals surface area contributed by atoms with E-state index in [1.807, 2.05) is 12.1 Å². The van der Waals surface area contributed by atoms with E-state index in [2.05, 4.69) is 20.9 Å². The molecule has 0 aliphatic heterocycles. The quantitative estimate of drug-likeness (QED) is 0.930. The van der Waals surface area contributed by atoms with Crippen LogP contribution in [-0.4, -0.2) is 10.1 Å². The number of aliphatic hydroxyl groups excluding tert-OH is 1. The van der Waals surface area contributed by atoms with Crippen molar-refractivity contribution in [1.82, 2.24) is 4.98 Å². The Labute approximate surface area is 95.9 Å². The van der Waals surface area contributed by atoms with Crippen molar-refractivity contribution in [2.24, 2.45) is 0 Å². The first-order chi connectivity index (χ1) is 7.25. The lowest BCUT2D eigenvalue weighted by molar-refractivity contribution is 0.166. The van der Waals surface area contributed by atoms with Crippen LogP contribution in [0.2, 0.25) is 0 Å². The van der Waals surface area contributed by atoms with E-state index in [0.717, 1.165) is 10.2 Å². The summed E-state index contributed by atoms with van der Waals surface area (Å²) in [5.74, 6) is 0.757. The molecule has 0 radical (unpaired) electrons. The molecule has 1 atom stereocenters. The molecule has 4 heteroatoms. The zero-order valence-corrected chi connectivity index (χ0v) is 9.52. The largest absolute Gasteiger partial charge is 0.469 e. The molecule has 2 aromatic heterocycles. The van der Waals surface area contributed by atoms with Crippen molar-refractivity contribution in [3.05, 3.63) is 52.7 Å². The first-order valence-corrected chi connectivity index (χ1v) is 5.37. The molecule has 1 unspecified atom stereocenters. The maximum atomic E-state index is 9.85. The first kappa shape index (κ1) is 10.4. The number of rotatable bonds is 3. The Hall–Kier alpha value is -1.13. The number of aliphatic hydroxyl groups is 1. The number of hydrogen-bond acceptors (Lipinski definition) is 3. The Balaban J connectivity index is 2.08. The van der Waals surface area contributed by atoms with Gasteiger partial charge in [-0.25, -0.2) is 0 Å². The fourth-order valence-corrected chi connectivity index (χ4v) is 1.54. The molecule has 0 aliphatic rings. The average Bonchev–Trinajstić information content (AvgIpc) is 2.71. The summed E-state index contributed by atoms with van der Waals surface area (Å²) in [4.78, 5) is 4.12. The van der Waals surface area contributed by atoms with Crippen molar-refractivity contribution in [2.45, 2.75) is 12.5 Å². The molecule has 0 amide bonds. The Kier molecular flexibility index (Phi) is 3.18. The standard InChI is InChI=1S/C11H10BrNO2/c12-8-3-4-10(13-7-8)11(14)6-9-2-1-5-15-9/h1-5,7,11,14H,6H2. The van der Waals surface area contributed by atoms with Crippen LogP contribution in [0.5, 0.6) is 0 Å². The molecule has 2 aromatic rings. The molecular weight excluding hydrogens is 258 g/mol. The highest BCUT2D eigenvalue weighted by atomic mass is 79.9. The van der Waals surface area contributed by atoms with Crippen LogP contribution in [0.25, 0.3) is 0 Å². The van der Waals surface area contributed by atoms with E-state index in [-0.39, 0.29) is 0 Å². The topological polar surface area (TPSA) is 46.3 Å². The molecule has 15 heavy (non-hydrogen) atoms. The van der Waals surface area contributed by atoms with Crippen LogP contribution in [-0.2, 0) is 6.42 Å². The highest BCUT2D eigenvalue weighted by molar-refractivity contribution is 9.10. The van der Waals surface area contributed by atoms with Gasteiger partial charge in [0.2, 0.25) is 0 Å². The minimum atomic E-state index is -0.621. The lowest BCUT2D eigenvalue weighted by atomic mass is 10.1. The minimum absolute atomic E-state index is 0.446. The fourth-order valence-electron chi connectivity index (χ4n) is 1.31. The van der Waals surface area contributed by atoms with E-state index in [9.17, 15) is 5.11 Å². The van der Waals surface area contributed by atoms with Gasteiger partial charge in [0.15, 0.2) is 0 Å². The normalized spacial score (nSPS) is 12.7. The smallest absolute Gasteiger partial charge is 0.106 e. The SMILES string of the molecule is OC(Cc1ccco1)c1ccc(Br)cn1. The Morgan fingerprint density at radius 1 is 1.40 bits per heavy atom. The van der Waals surface area contributed by atoms with Gasteiger partial charge in [0.05, 0.1) is 12.0 Å². The number of pyridine rings is 1. The fraction of sp³-hybridized carbons (Fsp3) is 0.182. The molecule has 2 heterocycles. The molecule has 0 fully saturated rings. The molecule has 0 bridgehead atoms. The van der Waals surface area contributed by atoms with Crippen LogP contribution >= 0.6 is 15.9 Å². The van der Waals surface area contributed by atoms with Gasteiger partial charge in [0.25, 0.3) is 0 Å².